The van der Waals surface area contributed by atoms with Crippen molar-refractivity contribution in [3.05, 3.63) is 180 Å². The van der Waals surface area contributed by atoms with Crippen LogP contribution in [-0.2, 0) is 0 Å². The summed E-state index contributed by atoms with van der Waals surface area (Å²) in [6.45, 7) is 8.73. The van der Waals surface area contributed by atoms with Gasteiger partial charge >= 0.3 is 0 Å². The van der Waals surface area contributed by atoms with E-state index in [0.717, 1.165) is 45.1 Å². The fourth-order valence-electron chi connectivity index (χ4n) is 8.59. The summed E-state index contributed by atoms with van der Waals surface area (Å²) >= 11 is 0. The van der Waals surface area contributed by atoms with Crippen molar-refractivity contribution < 1.29 is 0 Å². The highest BCUT2D eigenvalue weighted by Gasteiger charge is 2.17. The fraction of sp³-hybridized carbons (Fsp3) is 0.0800. The van der Waals surface area contributed by atoms with Crippen LogP contribution in [0.25, 0.3) is 88.8 Å². The second-order valence-electron chi connectivity index (χ2n) is 14.5. The Morgan fingerprint density at radius 1 is 0.407 bits per heavy atom. The van der Waals surface area contributed by atoms with Gasteiger partial charge in [0.2, 0.25) is 0 Å². The standard InChI is InChI=1S/C50H38N4/c1-31-20-23-49-42(26-31)41-14-7-10-19-48(41)53(49)36-21-22-38(32(2)27-36)44-16-11-15-43(52-44)35-24-25-51-45(30-35)50-33(3)28-37(29-34(50)4)54-46-17-8-5-12-39(46)40-13-6-9-18-47(40)54/h5-30H,1-4H3. The van der Waals surface area contributed by atoms with Crippen molar-refractivity contribution in [3.8, 4) is 45.1 Å². The topological polar surface area (TPSA) is 35.6 Å². The molecule has 0 atom stereocenters. The van der Waals surface area contributed by atoms with Gasteiger partial charge in [0.25, 0.3) is 0 Å². The van der Waals surface area contributed by atoms with E-state index in [0.29, 0.717) is 0 Å². The molecule has 0 bridgehead atoms. The van der Waals surface area contributed by atoms with Gasteiger partial charge in [0.15, 0.2) is 0 Å². The minimum Gasteiger partial charge on any atom is -0.309 e. The molecule has 0 unspecified atom stereocenters. The Morgan fingerprint density at radius 2 is 0.981 bits per heavy atom. The molecule has 0 spiro atoms. The Labute approximate surface area is 314 Å². The molecule has 4 heterocycles. The van der Waals surface area contributed by atoms with E-state index in [2.05, 4.69) is 188 Å². The zero-order valence-electron chi connectivity index (χ0n) is 30.8. The Kier molecular flexibility index (Phi) is 7.34. The van der Waals surface area contributed by atoms with Crippen LogP contribution in [0.15, 0.2) is 158 Å². The van der Waals surface area contributed by atoms with Gasteiger partial charge in [-0.15, -0.1) is 0 Å². The molecular formula is C50H38N4. The van der Waals surface area contributed by atoms with E-state index in [1.807, 2.05) is 6.20 Å². The van der Waals surface area contributed by atoms with E-state index in [1.54, 1.807) is 0 Å². The van der Waals surface area contributed by atoms with Crippen molar-refractivity contribution >= 4 is 43.6 Å². The van der Waals surface area contributed by atoms with Crippen LogP contribution in [0.1, 0.15) is 22.3 Å². The van der Waals surface area contributed by atoms with Gasteiger partial charge in [-0.05, 0) is 123 Å². The quantitative estimate of drug-likeness (QED) is 0.180. The molecule has 0 aliphatic carbocycles. The maximum atomic E-state index is 5.22. The molecular weight excluding hydrogens is 657 g/mol. The van der Waals surface area contributed by atoms with Gasteiger partial charge in [0.1, 0.15) is 0 Å². The first kappa shape index (κ1) is 31.9. The lowest BCUT2D eigenvalue weighted by atomic mass is 9.97. The number of fused-ring (bicyclic) bond motifs is 6. The summed E-state index contributed by atoms with van der Waals surface area (Å²) in [4.78, 5) is 10.1. The highest BCUT2D eigenvalue weighted by Crippen LogP contribution is 2.37. The third kappa shape index (κ3) is 5.06. The molecule has 0 saturated carbocycles. The highest BCUT2D eigenvalue weighted by atomic mass is 15.0. The summed E-state index contributed by atoms with van der Waals surface area (Å²) in [5.41, 5.74) is 18.1. The van der Waals surface area contributed by atoms with Crippen LogP contribution >= 0.6 is 0 Å². The van der Waals surface area contributed by atoms with Crippen molar-refractivity contribution in [1.82, 2.24) is 19.1 Å². The van der Waals surface area contributed by atoms with Gasteiger partial charge in [-0.3, -0.25) is 4.98 Å². The van der Waals surface area contributed by atoms with E-state index in [4.69, 9.17) is 9.97 Å². The van der Waals surface area contributed by atoms with Crippen LogP contribution in [-0.4, -0.2) is 19.1 Å². The molecule has 0 amide bonds. The average Bonchev–Trinajstić information content (AvgIpc) is 3.70. The predicted molar refractivity (Wildman–Crippen MR) is 226 cm³/mol. The maximum absolute atomic E-state index is 5.22. The number of hydrogen-bond donors (Lipinski definition) is 0. The van der Waals surface area contributed by atoms with Gasteiger partial charge in [-0.25, -0.2) is 4.98 Å². The van der Waals surface area contributed by atoms with Crippen LogP contribution in [0.5, 0.6) is 0 Å². The molecule has 0 N–H and O–H groups in total. The van der Waals surface area contributed by atoms with E-state index in [1.165, 1.54) is 65.9 Å². The molecule has 54 heavy (non-hydrogen) atoms. The van der Waals surface area contributed by atoms with Crippen LogP contribution in [0.3, 0.4) is 0 Å². The Morgan fingerprint density at radius 3 is 1.65 bits per heavy atom. The normalized spacial score (nSPS) is 11.7. The van der Waals surface area contributed by atoms with E-state index in [9.17, 15) is 0 Å². The predicted octanol–water partition coefficient (Wildman–Crippen LogP) is 12.9. The van der Waals surface area contributed by atoms with Crippen LogP contribution in [0.2, 0.25) is 0 Å². The molecule has 4 nitrogen and oxygen atoms in total. The maximum Gasteiger partial charge on any atom is 0.0714 e. The summed E-state index contributed by atoms with van der Waals surface area (Å²) in [5, 5.41) is 5.08. The first-order valence-corrected chi connectivity index (χ1v) is 18.6. The Hall–Kier alpha value is -6.78. The third-order valence-electron chi connectivity index (χ3n) is 11.0. The van der Waals surface area contributed by atoms with E-state index >= 15 is 0 Å². The lowest BCUT2D eigenvalue weighted by Crippen LogP contribution is -1.99. The summed E-state index contributed by atoms with van der Waals surface area (Å²) in [6.07, 6.45) is 1.91. The summed E-state index contributed by atoms with van der Waals surface area (Å²) < 4.78 is 4.76. The van der Waals surface area contributed by atoms with Crippen molar-refractivity contribution in [3.63, 3.8) is 0 Å². The van der Waals surface area contributed by atoms with E-state index in [-0.39, 0.29) is 0 Å². The molecule has 0 fully saturated rings. The van der Waals surface area contributed by atoms with Crippen LogP contribution in [0.4, 0.5) is 0 Å². The molecule has 4 heteroatoms. The van der Waals surface area contributed by atoms with Crippen LogP contribution < -0.4 is 0 Å². The highest BCUT2D eigenvalue weighted by molar-refractivity contribution is 6.10. The lowest BCUT2D eigenvalue weighted by molar-refractivity contribution is 1.16. The number of aromatic nitrogens is 4. The molecule has 10 rings (SSSR count). The number of benzene rings is 6. The zero-order valence-corrected chi connectivity index (χ0v) is 30.8. The van der Waals surface area contributed by atoms with Crippen molar-refractivity contribution in [2.45, 2.75) is 27.7 Å². The number of aryl methyl sites for hydroxylation is 4. The largest absolute Gasteiger partial charge is 0.309 e. The molecule has 0 aliphatic heterocycles. The van der Waals surface area contributed by atoms with Crippen molar-refractivity contribution in [1.29, 1.82) is 0 Å². The molecule has 0 aliphatic rings. The molecule has 0 radical (unpaired) electrons. The Balaban J connectivity index is 1.01. The molecule has 0 saturated heterocycles. The third-order valence-corrected chi connectivity index (χ3v) is 11.0. The molecule has 258 valence electrons. The van der Waals surface area contributed by atoms with Gasteiger partial charge in [0, 0.05) is 55.8 Å². The van der Waals surface area contributed by atoms with Gasteiger partial charge < -0.3 is 9.13 Å². The first-order valence-electron chi connectivity index (χ1n) is 18.6. The average molecular weight is 695 g/mol. The summed E-state index contributed by atoms with van der Waals surface area (Å²) in [7, 11) is 0. The number of para-hydroxylation sites is 3. The molecule has 6 aromatic carbocycles. The number of nitrogens with zero attached hydrogens (tertiary/aromatic N) is 4. The van der Waals surface area contributed by atoms with Gasteiger partial charge in [-0.1, -0.05) is 78.4 Å². The minimum absolute atomic E-state index is 0.926. The fourth-order valence-corrected chi connectivity index (χ4v) is 8.59. The lowest BCUT2D eigenvalue weighted by Gasteiger charge is -2.16. The van der Waals surface area contributed by atoms with Crippen molar-refractivity contribution in [2.75, 3.05) is 0 Å². The van der Waals surface area contributed by atoms with Crippen molar-refractivity contribution in [2.24, 2.45) is 0 Å². The Bertz CT molecular complexity index is 3030. The summed E-state index contributed by atoms with van der Waals surface area (Å²) in [6, 6.07) is 54.6. The summed E-state index contributed by atoms with van der Waals surface area (Å²) in [5.74, 6) is 0. The number of rotatable bonds is 5. The molecule has 10 aromatic rings. The minimum atomic E-state index is 0.926. The number of pyridine rings is 2. The van der Waals surface area contributed by atoms with Crippen LogP contribution in [0, 0.1) is 27.7 Å². The van der Waals surface area contributed by atoms with Gasteiger partial charge in [0.05, 0.1) is 39.1 Å². The monoisotopic (exact) mass is 694 g/mol. The second kappa shape index (κ2) is 12.4. The first-order chi connectivity index (χ1) is 26.4. The molecule has 4 aromatic heterocycles. The second-order valence-corrected chi connectivity index (χ2v) is 14.5. The zero-order chi connectivity index (χ0) is 36.5. The SMILES string of the molecule is Cc1ccc2c(c1)c1ccccc1n2-c1ccc(-c2cccc(-c3ccnc(-c4c(C)cc(-n5c6ccccc6c6ccccc65)cc4C)c3)n2)c(C)c1. The van der Waals surface area contributed by atoms with E-state index < -0.39 is 0 Å². The number of hydrogen-bond acceptors (Lipinski definition) is 2. The smallest absolute Gasteiger partial charge is 0.0714 e. The van der Waals surface area contributed by atoms with Gasteiger partial charge in [-0.2, -0.15) is 0 Å².